The smallest absolute Gasteiger partial charge is 0.325 e. The van der Waals surface area contributed by atoms with Crippen LogP contribution in [0.2, 0.25) is 0 Å². The molecule has 2 heterocycles. The minimum atomic E-state index is -1.24. The molecule has 2 rings (SSSR count). The molecule has 0 bridgehead atoms. The Balaban J connectivity index is 2.06. The fourth-order valence-electron chi connectivity index (χ4n) is 4.45. The van der Waals surface area contributed by atoms with E-state index < -0.39 is 84.1 Å². The molecule has 0 radical (unpaired) electrons. The Kier molecular flexibility index (Phi) is 13.0. The molecule has 1 aromatic rings. The summed E-state index contributed by atoms with van der Waals surface area (Å²) in [6.07, 6.45) is 3.66. The number of hydrogen-bond donors (Lipinski definition) is 8. The number of carbonyl (C=O) groups is 7. The van der Waals surface area contributed by atoms with Crippen LogP contribution in [0, 0.1) is 5.92 Å². The van der Waals surface area contributed by atoms with Gasteiger partial charge in [-0.25, -0.2) is 4.98 Å². The van der Waals surface area contributed by atoms with Crippen LogP contribution in [0.15, 0.2) is 12.5 Å². The molecule has 10 N–H and O–H groups in total. The number of aromatic amines is 1. The van der Waals surface area contributed by atoms with Crippen molar-refractivity contribution < 1.29 is 38.7 Å². The molecule has 1 aliphatic heterocycles. The second kappa shape index (κ2) is 16.2. The number of carboxylic acid groups (broad SMARTS) is 1. The molecule has 0 spiro atoms. The standard InChI is InChI=1S/C26H41N9O8/c1-13(2)21(24(40)32-14(3)26(42)43)34-20(37)11-30-22(38)17(9-15-10-29-12-31-15)33-23(39)18-5-4-8-35(18)25(41)16(27)6-7-19(28)36/h10,12-14,16-18,21H,4-9,11,27H2,1-3H3,(H2,28,36)(H,29,31)(H,30,38)(H,32,40)(H,33,39)(H,34,37)(H,42,43)/t14-,16-,17-,18-,21-/m0/s1. The number of carboxylic acids is 1. The predicted octanol–water partition coefficient (Wildman–Crippen LogP) is -3.13. The number of likely N-dealkylation sites (tertiary alicyclic amines) is 1. The fraction of sp³-hybridized carbons (Fsp3) is 0.615. The van der Waals surface area contributed by atoms with E-state index in [1.807, 2.05) is 0 Å². The summed E-state index contributed by atoms with van der Waals surface area (Å²) in [6, 6.07) is -5.32. The third-order valence-electron chi connectivity index (χ3n) is 6.89. The van der Waals surface area contributed by atoms with Crippen molar-refractivity contribution in [2.75, 3.05) is 13.1 Å². The summed E-state index contributed by atoms with van der Waals surface area (Å²) in [7, 11) is 0. The Hall–Kier alpha value is -4.54. The summed E-state index contributed by atoms with van der Waals surface area (Å²) in [5.41, 5.74) is 11.6. The predicted molar refractivity (Wildman–Crippen MR) is 150 cm³/mol. The number of nitrogens with two attached hydrogens (primary N) is 2. The summed E-state index contributed by atoms with van der Waals surface area (Å²) < 4.78 is 0. The first-order valence-corrected chi connectivity index (χ1v) is 13.9. The van der Waals surface area contributed by atoms with E-state index in [2.05, 4.69) is 31.2 Å². The highest BCUT2D eigenvalue weighted by atomic mass is 16.4. The molecule has 1 aliphatic rings. The summed E-state index contributed by atoms with van der Waals surface area (Å²) in [5, 5.41) is 18.9. The molecule has 6 amide bonds. The zero-order chi connectivity index (χ0) is 32.3. The van der Waals surface area contributed by atoms with Gasteiger partial charge in [-0.1, -0.05) is 13.8 Å². The lowest BCUT2D eigenvalue weighted by Crippen LogP contribution is -2.57. The van der Waals surface area contributed by atoms with Crippen molar-refractivity contribution in [2.24, 2.45) is 17.4 Å². The monoisotopic (exact) mass is 607 g/mol. The van der Waals surface area contributed by atoms with Gasteiger partial charge in [0.2, 0.25) is 35.4 Å². The highest BCUT2D eigenvalue weighted by molar-refractivity contribution is 5.95. The molecule has 17 nitrogen and oxygen atoms in total. The van der Waals surface area contributed by atoms with Crippen LogP contribution in [0.25, 0.3) is 0 Å². The first-order chi connectivity index (χ1) is 20.2. The zero-order valence-electron chi connectivity index (χ0n) is 24.4. The van der Waals surface area contributed by atoms with Crippen molar-refractivity contribution in [2.45, 2.75) is 83.1 Å². The highest BCUT2D eigenvalue weighted by Gasteiger charge is 2.38. The van der Waals surface area contributed by atoms with Gasteiger partial charge in [0.1, 0.15) is 24.2 Å². The average Bonchev–Trinajstić information content (AvgIpc) is 3.64. The Morgan fingerprint density at radius 3 is 2.37 bits per heavy atom. The van der Waals surface area contributed by atoms with Crippen LogP contribution in [0.5, 0.6) is 0 Å². The van der Waals surface area contributed by atoms with E-state index in [0.29, 0.717) is 18.5 Å². The largest absolute Gasteiger partial charge is 0.480 e. The van der Waals surface area contributed by atoms with Crippen LogP contribution in [-0.4, -0.2) is 105 Å². The molecule has 5 atom stereocenters. The number of primary amides is 1. The molecule has 0 unspecified atom stereocenters. The molecule has 0 aliphatic carbocycles. The topological polar surface area (TPSA) is 272 Å². The molecule has 0 saturated carbocycles. The number of hydrogen-bond acceptors (Lipinski definition) is 9. The Labute approximate surface area is 248 Å². The second-order valence-corrected chi connectivity index (χ2v) is 10.7. The quantitative estimate of drug-likeness (QED) is 0.0935. The molecule has 43 heavy (non-hydrogen) atoms. The van der Waals surface area contributed by atoms with Gasteiger partial charge in [0.15, 0.2) is 0 Å². The zero-order valence-corrected chi connectivity index (χ0v) is 24.4. The number of carbonyl (C=O) groups excluding carboxylic acids is 6. The van der Waals surface area contributed by atoms with E-state index in [1.165, 1.54) is 24.3 Å². The first kappa shape index (κ1) is 34.7. The van der Waals surface area contributed by atoms with Gasteiger partial charge in [-0.05, 0) is 32.1 Å². The molecular formula is C26H41N9O8. The molecule has 1 fully saturated rings. The van der Waals surface area contributed by atoms with Gasteiger partial charge in [-0.3, -0.25) is 33.6 Å². The molecule has 1 saturated heterocycles. The second-order valence-electron chi connectivity index (χ2n) is 10.7. The van der Waals surface area contributed by atoms with E-state index in [9.17, 15) is 33.6 Å². The minimum absolute atomic E-state index is 0.0118. The van der Waals surface area contributed by atoms with E-state index in [-0.39, 0.29) is 25.8 Å². The van der Waals surface area contributed by atoms with Crippen LogP contribution in [-0.2, 0) is 40.0 Å². The average molecular weight is 608 g/mol. The lowest BCUT2D eigenvalue weighted by atomic mass is 10.0. The molecule has 1 aromatic heterocycles. The van der Waals surface area contributed by atoms with Crippen LogP contribution in [0.1, 0.15) is 52.1 Å². The van der Waals surface area contributed by atoms with Crippen LogP contribution < -0.4 is 32.7 Å². The van der Waals surface area contributed by atoms with Crippen molar-refractivity contribution in [1.82, 2.24) is 36.1 Å². The van der Waals surface area contributed by atoms with Gasteiger partial charge >= 0.3 is 5.97 Å². The third-order valence-corrected chi connectivity index (χ3v) is 6.89. The number of nitrogens with zero attached hydrogens (tertiary/aromatic N) is 2. The van der Waals surface area contributed by atoms with Crippen molar-refractivity contribution in [1.29, 1.82) is 0 Å². The summed E-state index contributed by atoms with van der Waals surface area (Å²) in [6.45, 7) is 4.34. The van der Waals surface area contributed by atoms with E-state index >= 15 is 0 Å². The van der Waals surface area contributed by atoms with Crippen molar-refractivity contribution >= 4 is 41.4 Å². The SMILES string of the molecule is CC(C)[C@H](NC(=O)CNC(=O)[C@H](Cc1cnc[nH]1)NC(=O)[C@@H]1CCCN1C(=O)[C@@H](N)CCC(N)=O)C(=O)N[C@@H](C)C(=O)O. The summed E-state index contributed by atoms with van der Waals surface area (Å²) >= 11 is 0. The number of nitrogens with one attached hydrogen (secondary N) is 5. The number of amides is 6. The van der Waals surface area contributed by atoms with Crippen LogP contribution in [0.4, 0.5) is 0 Å². The van der Waals surface area contributed by atoms with Crippen LogP contribution >= 0.6 is 0 Å². The van der Waals surface area contributed by atoms with Gasteiger partial charge in [-0.2, -0.15) is 0 Å². The molecular weight excluding hydrogens is 566 g/mol. The van der Waals surface area contributed by atoms with Gasteiger partial charge in [0, 0.05) is 31.3 Å². The number of rotatable bonds is 16. The summed E-state index contributed by atoms with van der Waals surface area (Å²) in [5.74, 6) is -5.46. The van der Waals surface area contributed by atoms with Crippen molar-refractivity contribution in [3.05, 3.63) is 18.2 Å². The van der Waals surface area contributed by atoms with E-state index in [1.54, 1.807) is 13.8 Å². The maximum absolute atomic E-state index is 13.3. The van der Waals surface area contributed by atoms with Crippen molar-refractivity contribution in [3.63, 3.8) is 0 Å². The number of H-pyrrole nitrogens is 1. The van der Waals surface area contributed by atoms with Crippen LogP contribution in [0.3, 0.4) is 0 Å². The fourth-order valence-corrected chi connectivity index (χ4v) is 4.45. The number of aliphatic carboxylic acids is 1. The Morgan fingerprint density at radius 1 is 1.09 bits per heavy atom. The molecule has 0 aromatic carbocycles. The minimum Gasteiger partial charge on any atom is -0.480 e. The Bertz CT molecular complexity index is 1170. The van der Waals surface area contributed by atoms with Crippen molar-refractivity contribution in [3.8, 4) is 0 Å². The summed E-state index contributed by atoms with van der Waals surface area (Å²) in [4.78, 5) is 94.6. The molecule has 238 valence electrons. The van der Waals surface area contributed by atoms with E-state index in [4.69, 9.17) is 16.6 Å². The number of aromatic nitrogens is 2. The maximum Gasteiger partial charge on any atom is 0.325 e. The first-order valence-electron chi connectivity index (χ1n) is 13.9. The normalized spacial score (nSPS) is 17.3. The number of imidazole rings is 1. The maximum atomic E-state index is 13.3. The van der Waals surface area contributed by atoms with Gasteiger partial charge in [0.25, 0.3) is 0 Å². The van der Waals surface area contributed by atoms with Gasteiger partial charge in [-0.15, -0.1) is 0 Å². The van der Waals surface area contributed by atoms with Gasteiger partial charge in [0.05, 0.1) is 18.9 Å². The highest BCUT2D eigenvalue weighted by Crippen LogP contribution is 2.19. The van der Waals surface area contributed by atoms with E-state index in [0.717, 1.165) is 0 Å². The lowest BCUT2D eigenvalue weighted by molar-refractivity contribution is -0.142. The molecule has 17 heteroatoms. The lowest BCUT2D eigenvalue weighted by Gasteiger charge is -2.28. The third kappa shape index (κ3) is 10.7. The Morgan fingerprint density at radius 2 is 1.79 bits per heavy atom. The van der Waals surface area contributed by atoms with Gasteiger partial charge < -0.3 is 47.7 Å².